The standard InChI is InChI=1S/C41H27ClS/c42-38-21-19-28(20-22-38)27-5-7-29(8-6-27)33-15-13-32-14-16-34(24-37(32)23-33)30-9-11-31(12-10-30)35-17-18-36-26-43-41-4-2-1-3-39(41)40(36)25-35/h1-25H,26H2. The Bertz CT molecular complexity index is 2110. The van der Waals surface area contributed by atoms with Crippen molar-refractivity contribution in [1.29, 1.82) is 0 Å². The van der Waals surface area contributed by atoms with E-state index in [0.29, 0.717) is 0 Å². The number of hydrogen-bond donors (Lipinski definition) is 0. The van der Waals surface area contributed by atoms with Crippen molar-refractivity contribution in [3.05, 3.63) is 162 Å². The maximum atomic E-state index is 6.07. The van der Waals surface area contributed by atoms with Crippen molar-refractivity contribution in [3.8, 4) is 55.6 Å². The Morgan fingerprint density at radius 3 is 1.47 bits per heavy atom. The first-order valence-corrected chi connectivity index (χ1v) is 15.9. The van der Waals surface area contributed by atoms with E-state index in [0.717, 1.165) is 10.8 Å². The number of thioether (sulfide) groups is 1. The third-order valence-corrected chi connectivity index (χ3v) is 9.83. The zero-order valence-electron chi connectivity index (χ0n) is 23.4. The molecule has 0 aromatic heterocycles. The van der Waals surface area contributed by atoms with Crippen LogP contribution in [0.25, 0.3) is 66.4 Å². The highest BCUT2D eigenvalue weighted by Crippen LogP contribution is 2.43. The lowest BCUT2D eigenvalue weighted by Gasteiger charge is -2.20. The minimum Gasteiger partial charge on any atom is -0.121 e. The molecule has 2 heteroatoms. The van der Waals surface area contributed by atoms with Crippen molar-refractivity contribution in [2.75, 3.05) is 0 Å². The molecular weight excluding hydrogens is 560 g/mol. The molecule has 1 heterocycles. The zero-order chi connectivity index (χ0) is 28.8. The predicted octanol–water partition coefficient (Wildman–Crippen LogP) is 12.4. The molecule has 0 spiro atoms. The summed E-state index contributed by atoms with van der Waals surface area (Å²) in [5, 5.41) is 3.24. The predicted molar refractivity (Wildman–Crippen MR) is 186 cm³/mol. The maximum absolute atomic E-state index is 6.07. The molecule has 1 aliphatic rings. The smallest absolute Gasteiger partial charge is 0.0406 e. The molecular formula is C41H27ClS. The second kappa shape index (κ2) is 10.9. The lowest BCUT2D eigenvalue weighted by Crippen LogP contribution is -1.96. The molecule has 0 N–H and O–H groups in total. The molecule has 0 radical (unpaired) electrons. The van der Waals surface area contributed by atoms with Crippen LogP contribution in [-0.4, -0.2) is 0 Å². The fourth-order valence-electron chi connectivity index (χ4n) is 6.06. The van der Waals surface area contributed by atoms with Crippen LogP contribution in [0.2, 0.25) is 5.02 Å². The highest BCUT2D eigenvalue weighted by Gasteiger charge is 2.17. The van der Waals surface area contributed by atoms with Gasteiger partial charge in [-0.2, -0.15) is 0 Å². The largest absolute Gasteiger partial charge is 0.121 e. The van der Waals surface area contributed by atoms with Crippen LogP contribution in [-0.2, 0) is 5.75 Å². The molecule has 0 saturated carbocycles. The summed E-state index contributed by atoms with van der Waals surface area (Å²) in [5.74, 6) is 1.03. The van der Waals surface area contributed by atoms with Gasteiger partial charge in [0, 0.05) is 15.7 Å². The van der Waals surface area contributed by atoms with Crippen LogP contribution >= 0.6 is 23.4 Å². The molecule has 0 bridgehead atoms. The first kappa shape index (κ1) is 26.1. The Hall–Kier alpha value is -4.56. The van der Waals surface area contributed by atoms with Gasteiger partial charge in [0.25, 0.3) is 0 Å². The van der Waals surface area contributed by atoms with Crippen molar-refractivity contribution in [2.24, 2.45) is 0 Å². The van der Waals surface area contributed by atoms with E-state index in [-0.39, 0.29) is 0 Å². The summed E-state index contributed by atoms with van der Waals surface area (Å²) in [6.45, 7) is 0. The molecule has 0 unspecified atom stereocenters. The highest BCUT2D eigenvalue weighted by molar-refractivity contribution is 7.98. The van der Waals surface area contributed by atoms with Gasteiger partial charge in [-0.05, 0) is 108 Å². The monoisotopic (exact) mass is 586 g/mol. The summed E-state index contributed by atoms with van der Waals surface area (Å²) in [4.78, 5) is 1.37. The van der Waals surface area contributed by atoms with Gasteiger partial charge in [0.1, 0.15) is 0 Å². The number of rotatable bonds is 4. The molecule has 0 saturated heterocycles. The van der Waals surface area contributed by atoms with Crippen molar-refractivity contribution in [3.63, 3.8) is 0 Å². The molecule has 0 nitrogen and oxygen atoms in total. The van der Waals surface area contributed by atoms with Crippen molar-refractivity contribution >= 4 is 34.1 Å². The zero-order valence-corrected chi connectivity index (χ0v) is 25.0. The third-order valence-electron chi connectivity index (χ3n) is 8.46. The molecule has 0 atom stereocenters. The van der Waals surface area contributed by atoms with Gasteiger partial charge in [0.15, 0.2) is 0 Å². The number of fused-ring (bicyclic) bond motifs is 4. The lowest BCUT2D eigenvalue weighted by atomic mass is 9.93. The van der Waals surface area contributed by atoms with Crippen LogP contribution in [0.15, 0.2) is 157 Å². The fourth-order valence-corrected chi connectivity index (χ4v) is 7.26. The van der Waals surface area contributed by atoms with Gasteiger partial charge in [-0.25, -0.2) is 0 Å². The Balaban J connectivity index is 1.07. The number of halogens is 1. The first-order chi connectivity index (χ1) is 21.2. The molecule has 43 heavy (non-hydrogen) atoms. The molecule has 8 rings (SSSR count). The second-order valence-corrected chi connectivity index (χ2v) is 12.5. The highest BCUT2D eigenvalue weighted by atomic mass is 35.5. The Labute approximate surface area is 261 Å². The number of benzene rings is 7. The normalized spacial score (nSPS) is 12.1. The van der Waals surface area contributed by atoms with Gasteiger partial charge in [-0.15, -0.1) is 11.8 Å². The van der Waals surface area contributed by atoms with E-state index < -0.39 is 0 Å². The Kier molecular flexibility index (Phi) is 6.63. The minimum atomic E-state index is 0.757. The fraction of sp³-hybridized carbons (Fsp3) is 0.0244. The maximum Gasteiger partial charge on any atom is 0.0406 e. The van der Waals surface area contributed by atoms with E-state index in [1.54, 1.807) is 0 Å². The van der Waals surface area contributed by atoms with Crippen LogP contribution in [0.1, 0.15) is 5.56 Å². The van der Waals surface area contributed by atoms with Gasteiger partial charge in [-0.3, -0.25) is 0 Å². The topological polar surface area (TPSA) is 0 Å². The second-order valence-electron chi connectivity index (χ2n) is 11.1. The van der Waals surface area contributed by atoms with Gasteiger partial charge in [0.05, 0.1) is 0 Å². The first-order valence-electron chi connectivity index (χ1n) is 14.5. The molecule has 7 aromatic rings. The SMILES string of the molecule is Clc1ccc(-c2ccc(-c3ccc4ccc(-c5ccc(-c6ccc7c(c6)-c6ccccc6SC7)cc5)cc4c3)cc2)cc1. The van der Waals surface area contributed by atoms with Crippen LogP contribution < -0.4 is 0 Å². The van der Waals surface area contributed by atoms with E-state index in [1.165, 1.54) is 76.9 Å². The average Bonchev–Trinajstić information content (AvgIpc) is 3.08. The van der Waals surface area contributed by atoms with Gasteiger partial charge in [0.2, 0.25) is 0 Å². The Morgan fingerprint density at radius 2 is 0.860 bits per heavy atom. The summed E-state index contributed by atoms with van der Waals surface area (Å²) in [6, 6.07) is 54.9. The third kappa shape index (κ3) is 5.06. The quantitative estimate of drug-likeness (QED) is 0.198. The minimum absolute atomic E-state index is 0.757. The molecule has 204 valence electrons. The van der Waals surface area contributed by atoms with E-state index >= 15 is 0 Å². The average molecular weight is 587 g/mol. The molecule has 0 amide bonds. The van der Waals surface area contributed by atoms with Crippen molar-refractivity contribution in [2.45, 2.75) is 10.6 Å². The van der Waals surface area contributed by atoms with Crippen molar-refractivity contribution in [1.82, 2.24) is 0 Å². The van der Waals surface area contributed by atoms with Crippen LogP contribution in [0.3, 0.4) is 0 Å². The van der Waals surface area contributed by atoms with Gasteiger partial charge < -0.3 is 0 Å². The summed E-state index contributed by atoms with van der Waals surface area (Å²) >= 11 is 8.00. The molecule has 0 fully saturated rings. The summed E-state index contributed by atoms with van der Waals surface area (Å²) < 4.78 is 0. The summed E-state index contributed by atoms with van der Waals surface area (Å²) in [5.41, 5.74) is 13.9. The van der Waals surface area contributed by atoms with Crippen molar-refractivity contribution < 1.29 is 0 Å². The summed E-state index contributed by atoms with van der Waals surface area (Å²) in [7, 11) is 0. The van der Waals surface area contributed by atoms with Crippen LogP contribution in [0.4, 0.5) is 0 Å². The van der Waals surface area contributed by atoms with E-state index in [1.807, 2.05) is 23.9 Å². The lowest BCUT2D eigenvalue weighted by molar-refractivity contribution is 1.32. The molecule has 1 aliphatic heterocycles. The van der Waals surface area contributed by atoms with Gasteiger partial charge >= 0.3 is 0 Å². The van der Waals surface area contributed by atoms with E-state index in [2.05, 4.69) is 140 Å². The van der Waals surface area contributed by atoms with E-state index in [4.69, 9.17) is 11.6 Å². The van der Waals surface area contributed by atoms with Crippen LogP contribution in [0.5, 0.6) is 0 Å². The van der Waals surface area contributed by atoms with Gasteiger partial charge in [-0.1, -0.05) is 127 Å². The Morgan fingerprint density at radius 1 is 0.395 bits per heavy atom. The number of hydrogen-bond acceptors (Lipinski definition) is 1. The van der Waals surface area contributed by atoms with Crippen LogP contribution in [0, 0.1) is 0 Å². The van der Waals surface area contributed by atoms with E-state index in [9.17, 15) is 0 Å². The molecule has 7 aromatic carbocycles. The molecule has 0 aliphatic carbocycles. The summed E-state index contributed by atoms with van der Waals surface area (Å²) in [6.07, 6.45) is 0.